The summed E-state index contributed by atoms with van der Waals surface area (Å²) in [5.41, 5.74) is 4.04. The van der Waals surface area contributed by atoms with Crippen molar-refractivity contribution in [1.82, 2.24) is 4.90 Å². The maximum atomic E-state index is 13.6. The number of anilines is 1. The van der Waals surface area contributed by atoms with Crippen molar-refractivity contribution < 1.29 is 9.18 Å². The molecule has 0 bridgehead atoms. The average Bonchev–Trinajstić information content (AvgIpc) is 3.04. The maximum Gasteiger partial charge on any atom is 0.256 e. The van der Waals surface area contributed by atoms with E-state index in [2.05, 4.69) is 24.1 Å². The number of rotatable bonds is 5. The number of piperidine rings is 1. The normalized spacial score (nSPS) is 15.7. The molecule has 2 heterocycles. The van der Waals surface area contributed by atoms with Crippen molar-refractivity contribution >= 4 is 22.2 Å². The first-order valence-corrected chi connectivity index (χ1v) is 11.3. The van der Waals surface area contributed by atoms with Gasteiger partial charge in [0.1, 0.15) is 10.8 Å². The first-order valence-electron chi connectivity index (χ1n) is 10.5. The van der Waals surface area contributed by atoms with E-state index >= 15 is 0 Å². The summed E-state index contributed by atoms with van der Waals surface area (Å²) < 4.78 is 13.6. The summed E-state index contributed by atoms with van der Waals surface area (Å²) in [6.07, 6.45) is 3.56. The molecule has 0 spiro atoms. The molecule has 1 aliphatic rings. The minimum absolute atomic E-state index is 0.00178. The quantitative estimate of drug-likeness (QED) is 0.521. The van der Waals surface area contributed by atoms with Gasteiger partial charge in [0, 0.05) is 16.0 Å². The Morgan fingerprint density at radius 3 is 2.33 bits per heavy atom. The molecule has 0 aliphatic carbocycles. The Morgan fingerprint density at radius 1 is 1.00 bits per heavy atom. The lowest BCUT2D eigenvalue weighted by Gasteiger charge is -2.36. The number of likely N-dealkylation sites (tertiary alicyclic amines) is 1. The molecular formula is C25H27FN2OS. The fourth-order valence-electron chi connectivity index (χ4n) is 4.21. The van der Waals surface area contributed by atoms with Gasteiger partial charge in [0.25, 0.3) is 5.91 Å². The summed E-state index contributed by atoms with van der Waals surface area (Å²) in [6.45, 7) is 6.23. The molecule has 1 fully saturated rings. The van der Waals surface area contributed by atoms with Gasteiger partial charge in [-0.05, 0) is 75.2 Å². The first kappa shape index (κ1) is 20.8. The molecule has 5 heteroatoms. The molecule has 0 saturated carbocycles. The third-order valence-electron chi connectivity index (χ3n) is 5.91. The highest BCUT2D eigenvalue weighted by Gasteiger charge is 2.30. The average molecular weight is 423 g/mol. The van der Waals surface area contributed by atoms with Crippen LogP contribution >= 0.6 is 11.3 Å². The number of nitrogens with zero attached hydrogens (tertiary/aromatic N) is 1. The molecule has 1 aromatic heterocycles. The zero-order chi connectivity index (χ0) is 21.1. The van der Waals surface area contributed by atoms with Crippen LogP contribution in [-0.4, -0.2) is 23.9 Å². The molecule has 156 valence electrons. The minimum atomic E-state index is -0.230. The summed E-state index contributed by atoms with van der Waals surface area (Å²) in [7, 11) is 0. The molecule has 3 aromatic rings. The third-order valence-corrected chi connectivity index (χ3v) is 7.05. The second-order valence-corrected chi connectivity index (χ2v) is 9.12. The molecule has 30 heavy (non-hydrogen) atoms. The van der Waals surface area contributed by atoms with Crippen molar-refractivity contribution in [2.75, 3.05) is 18.4 Å². The van der Waals surface area contributed by atoms with E-state index < -0.39 is 0 Å². The van der Waals surface area contributed by atoms with Gasteiger partial charge < -0.3 is 5.32 Å². The van der Waals surface area contributed by atoms with Gasteiger partial charge in [-0.15, -0.1) is 11.3 Å². The molecule has 1 amide bonds. The lowest BCUT2D eigenvalue weighted by molar-refractivity contribution is 0.102. The number of aryl methyl sites for hydroxylation is 1. The van der Waals surface area contributed by atoms with Crippen molar-refractivity contribution in [3.8, 4) is 0 Å². The van der Waals surface area contributed by atoms with Crippen LogP contribution in [0.2, 0.25) is 0 Å². The number of thiophene rings is 1. The van der Waals surface area contributed by atoms with E-state index in [4.69, 9.17) is 0 Å². The molecule has 0 unspecified atom stereocenters. The lowest BCUT2D eigenvalue weighted by Crippen LogP contribution is -2.35. The van der Waals surface area contributed by atoms with Gasteiger partial charge >= 0.3 is 0 Å². The van der Waals surface area contributed by atoms with E-state index in [9.17, 15) is 9.18 Å². The molecule has 1 atom stereocenters. The number of nitrogens with one attached hydrogen (secondary N) is 1. The minimum Gasteiger partial charge on any atom is -0.313 e. The lowest BCUT2D eigenvalue weighted by atomic mass is 9.93. The summed E-state index contributed by atoms with van der Waals surface area (Å²) in [5, 5.41) is 4.06. The smallest absolute Gasteiger partial charge is 0.256 e. The molecule has 1 N–H and O–H groups in total. The highest BCUT2D eigenvalue weighted by Crippen LogP contribution is 2.43. The van der Waals surface area contributed by atoms with Crippen LogP contribution in [0, 0.1) is 19.7 Å². The van der Waals surface area contributed by atoms with E-state index in [1.165, 1.54) is 29.0 Å². The highest BCUT2D eigenvalue weighted by molar-refractivity contribution is 7.16. The number of benzene rings is 2. The van der Waals surface area contributed by atoms with Gasteiger partial charge in [0.15, 0.2) is 0 Å². The van der Waals surface area contributed by atoms with Crippen LogP contribution in [0.3, 0.4) is 0 Å². The zero-order valence-corrected chi connectivity index (χ0v) is 18.3. The number of halogens is 1. The van der Waals surface area contributed by atoms with Crippen molar-refractivity contribution in [3.63, 3.8) is 0 Å². The van der Waals surface area contributed by atoms with Crippen LogP contribution < -0.4 is 5.32 Å². The Bertz CT molecular complexity index is 1010. The van der Waals surface area contributed by atoms with Crippen LogP contribution in [0.1, 0.15) is 57.2 Å². The monoisotopic (exact) mass is 422 g/mol. The predicted molar refractivity (Wildman–Crippen MR) is 122 cm³/mol. The van der Waals surface area contributed by atoms with Crippen LogP contribution in [0.15, 0.2) is 54.6 Å². The summed E-state index contributed by atoms with van der Waals surface area (Å²) in [6, 6.07) is 16.1. The van der Waals surface area contributed by atoms with Crippen LogP contribution in [0.25, 0.3) is 0 Å². The van der Waals surface area contributed by atoms with Gasteiger partial charge in [0.05, 0.1) is 6.04 Å². The SMILES string of the molecule is Cc1sc(NC(=O)c2ccccc2)c([C@H](c2ccc(F)cc2)N2CCCCC2)c1C. The molecule has 1 aliphatic heterocycles. The number of hydrogen-bond acceptors (Lipinski definition) is 3. The third kappa shape index (κ3) is 4.32. The Morgan fingerprint density at radius 2 is 1.67 bits per heavy atom. The van der Waals surface area contributed by atoms with E-state index in [1.807, 2.05) is 42.5 Å². The molecular weight excluding hydrogens is 395 g/mol. The fourth-order valence-corrected chi connectivity index (χ4v) is 5.30. The second-order valence-electron chi connectivity index (χ2n) is 7.90. The second kappa shape index (κ2) is 9.11. The van der Waals surface area contributed by atoms with E-state index in [-0.39, 0.29) is 17.8 Å². The summed E-state index contributed by atoms with van der Waals surface area (Å²) in [4.78, 5) is 16.6. The van der Waals surface area contributed by atoms with Crippen molar-refractivity contribution in [2.45, 2.75) is 39.2 Å². The van der Waals surface area contributed by atoms with Crippen molar-refractivity contribution in [2.24, 2.45) is 0 Å². The Kier molecular flexibility index (Phi) is 6.30. The van der Waals surface area contributed by atoms with E-state index in [0.717, 1.165) is 42.1 Å². The summed E-state index contributed by atoms with van der Waals surface area (Å²) >= 11 is 1.62. The predicted octanol–water partition coefficient (Wildman–Crippen LogP) is 6.33. The molecule has 0 radical (unpaired) electrons. The maximum absolute atomic E-state index is 13.6. The highest BCUT2D eigenvalue weighted by atomic mass is 32.1. The van der Waals surface area contributed by atoms with E-state index in [1.54, 1.807) is 11.3 Å². The Labute approximate surface area is 181 Å². The van der Waals surface area contributed by atoms with E-state index in [0.29, 0.717) is 5.56 Å². The molecule has 2 aromatic carbocycles. The number of carbonyl (C=O) groups is 1. The van der Waals surface area contributed by atoms with Gasteiger partial charge in [-0.2, -0.15) is 0 Å². The molecule has 4 rings (SSSR count). The van der Waals surface area contributed by atoms with Crippen LogP contribution in [-0.2, 0) is 0 Å². The standard InChI is InChI=1S/C25H27FN2OS/c1-17-18(2)30-25(27-24(29)20-9-5-3-6-10-20)22(17)23(28-15-7-4-8-16-28)19-11-13-21(26)14-12-19/h3,5-6,9-14,23H,4,7-8,15-16H2,1-2H3,(H,27,29)/t23-/m0/s1. The molecule has 1 saturated heterocycles. The first-order chi connectivity index (χ1) is 14.5. The largest absolute Gasteiger partial charge is 0.313 e. The van der Waals surface area contributed by atoms with Crippen LogP contribution in [0.5, 0.6) is 0 Å². The Balaban J connectivity index is 1.76. The van der Waals surface area contributed by atoms with Gasteiger partial charge in [-0.3, -0.25) is 9.69 Å². The fraction of sp³-hybridized carbons (Fsp3) is 0.320. The van der Waals surface area contributed by atoms with Gasteiger partial charge in [0.2, 0.25) is 0 Å². The number of carbonyl (C=O) groups excluding carboxylic acids is 1. The zero-order valence-electron chi connectivity index (χ0n) is 17.5. The Hall–Kier alpha value is -2.50. The molecule has 3 nitrogen and oxygen atoms in total. The summed E-state index contributed by atoms with van der Waals surface area (Å²) in [5.74, 6) is -0.332. The van der Waals surface area contributed by atoms with Crippen molar-refractivity contribution in [3.05, 3.63) is 87.5 Å². The van der Waals surface area contributed by atoms with Gasteiger partial charge in [-0.25, -0.2) is 4.39 Å². The number of amides is 1. The number of hydrogen-bond donors (Lipinski definition) is 1. The topological polar surface area (TPSA) is 32.3 Å². The van der Waals surface area contributed by atoms with Gasteiger partial charge in [-0.1, -0.05) is 36.8 Å². The van der Waals surface area contributed by atoms with Crippen molar-refractivity contribution in [1.29, 1.82) is 0 Å². The van der Waals surface area contributed by atoms with Crippen LogP contribution in [0.4, 0.5) is 9.39 Å².